The van der Waals surface area contributed by atoms with E-state index in [2.05, 4.69) is 9.72 Å². The van der Waals surface area contributed by atoms with Gasteiger partial charge in [0, 0.05) is 0 Å². The first-order valence-electron chi connectivity index (χ1n) is 4.94. The highest BCUT2D eigenvalue weighted by atomic mass is 19.4. The monoisotopic (exact) mass is 285 g/mol. The van der Waals surface area contributed by atoms with E-state index < -0.39 is 41.3 Å². The molecule has 0 amide bonds. The van der Waals surface area contributed by atoms with Crippen molar-refractivity contribution >= 4 is 5.97 Å². The van der Waals surface area contributed by atoms with Gasteiger partial charge in [0.25, 0.3) is 6.43 Å². The molecule has 19 heavy (non-hydrogen) atoms. The molecule has 0 spiro atoms. The topological polar surface area (TPSA) is 59.4 Å². The molecule has 4 nitrogen and oxygen atoms in total. The maximum atomic E-state index is 12.5. The Kier molecular flexibility index (Phi) is 4.28. The lowest BCUT2D eigenvalue weighted by Gasteiger charge is -2.12. The van der Waals surface area contributed by atoms with Crippen LogP contribution < -0.4 is 0 Å². The summed E-state index contributed by atoms with van der Waals surface area (Å²) in [5.41, 5.74) is -4.22. The van der Waals surface area contributed by atoms with E-state index in [1.54, 1.807) is 0 Å². The number of hydrogen-bond acceptors (Lipinski definition) is 4. The number of rotatable bonds is 3. The molecule has 106 valence electrons. The molecule has 1 aromatic heterocycles. The van der Waals surface area contributed by atoms with Gasteiger partial charge in [0.15, 0.2) is 5.75 Å². The number of halogens is 5. The number of nitrogens with zero attached hydrogens (tertiary/aromatic N) is 1. The minimum absolute atomic E-state index is 0.166. The van der Waals surface area contributed by atoms with Crippen LogP contribution >= 0.6 is 0 Å². The third-order valence-electron chi connectivity index (χ3n) is 2.01. The normalized spacial score (nSPS) is 11.7. The number of alkyl halides is 5. The van der Waals surface area contributed by atoms with Crippen LogP contribution in [0.4, 0.5) is 22.0 Å². The van der Waals surface area contributed by atoms with Gasteiger partial charge in [0.05, 0.1) is 6.61 Å². The number of pyridine rings is 1. The van der Waals surface area contributed by atoms with Crippen molar-refractivity contribution in [3.05, 3.63) is 23.0 Å². The Hall–Kier alpha value is -1.93. The maximum absolute atomic E-state index is 12.5. The van der Waals surface area contributed by atoms with Gasteiger partial charge >= 0.3 is 12.1 Å². The predicted molar refractivity (Wildman–Crippen MR) is 51.8 cm³/mol. The molecule has 0 aromatic carbocycles. The fourth-order valence-electron chi connectivity index (χ4n) is 1.22. The largest absolute Gasteiger partial charge is 0.505 e. The number of aromatic hydroxyl groups is 1. The predicted octanol–water partition coefficient (Wildman–Crippen LogP) is 2.92. The average Bonchev–Trinajstić information content (AvgIpc) is 2.27. The molecule has 0 unspecified atom stereocenters. The van der Waals surface area contributed by atoms with E-state index in [4.69, 9.17) is 0 Å². The first-order chi connectivity index (χ1) is 8.68. The van der Waals surface area contributed by atoms with E-state index in [-0.39, 0.29) is 12.7 Å². The SMILES string of the molecule is CCOC(=O)c1cc(C(F)(F)F)nc(C(F)F)c1O. The Balaban J connectivity index is 3.45. The molecule has 0 aliphatic heterocycles. The van der Waals surface area contributed by atoms with E-state index >= 15 is 0 Å². The van der Waals surface area contributed by atoms with Gasteiger partial charge in [-0.3, -0.25) is 0 Å². The summed E-state index contributed by atoms with van der Waals surface area (Å²) in [5.74, 6) is -2.66. The van der Waals surface area contributed by atoms with Crippen LogP contribution in [0.25, 0.3) is 0 Å². The lowest BCUT2D eigenvalue weighted by Crippen LogP contribution is -2.14. The van der Waals surface area contributed by atoms with Crippen LogP contribution in [0.1, 0.15) is 35.1 Å². The Morgan fingerprint density at radius 2 is 2.05 bits per heavy atom. The molecule has 0 atom stereocenters. The molecule has 1 rings (SSSR count). The Morgan fingerprint density at radius 3 is 2.47 bits per heavy atom. The summed E-state index contributed by atoms with van der Waals surface area (Å²) in [4.78, 5) is 13.9. The zero-order chi connectivity index (χ0) is 14.8. The average molecular weight is 285 g/mol. The van der Waals surface area contributed by atoms with Crippen molar-refractivity contribution in [2.24, 2.45) is 0 Å². The molecular weight excluding hydrogens is 277 g/mol. The number of carbonyl (C=O) groups is 1. The van der Waals surface area contributed by atoms with Gasteiger partial charge < -0.3 is 9.84 Å². The molecule has 0 aliphatic carbocycles. The summed E-state index contributed by atoms with van der Waals surface area (Å²) in [6.45, 7) is 1.18. The summed E-state index contributed by atoms with van der Waals surface area (Å²) >= 11 is 0. The molecule has 0 radical (unpaired) electrons. The molecule has 9 heteroatoms. The fraction of sp³-hybridized carbons (Fsp3) is 0.400. The molecule has 0 aliphatic rings. The third-order valence-corrected chi connectivity index (χ3v) is 2.01. The summed E-state index contributed by atoms with van der Waals surface area (Å²) in [6, 6.07) is 0.166. The standard InChI is InChI=1S/C10H8F5NO3/c1-2-19-9(18)4-3-5(10(13,14)15)16-6(7(4)17)8(11)12/h3,8,17H,2H2,1H3. The number of esters is 1. The van der Waals surface area contributed by atoms with Crippen molar-refractivity contribution in [3.63, 3.8) is 0 Å². The number of hydrogen-bond donors (Lipinski definition) is 1. The van der Waals surface area contributed by atoms with Gasteiger partial charge in [-0.25, -0.2) is 18.6 Å². The Labute approximate surface area is 103 Å². The summed E-state index contributed by atoms with van der Waals surface area (Å²) in [5, 5.41) is 9.34. The highest BCUT2D eigenvalue weighted by Crippen LogP contribution is 2.36. The summed E-state index contributed by atoms with van der Waals surface area (Å²) in [6.07, 6.45) is -8.49. The van der Waals surface area contributed by atoms with Crippen LogP contribution in [0.5, 0.6) is 5.75 Å². The van der Waals surface area contributed by atoms with Gasteiger partial charge in [-0.1, -0.05) is 0 Å². The van der Waals surface area contributed by atoms with Crippen molar-refractivity contribution in [1.29, 1.82) is 0 Å². The van der Waals surface area contributed by atoms with Crippen LogP contribution in [-0.2, 0) is 10.9 Å². The molecule has 1 N–H and O–H groups in total. The minimum atomic E-state index is -5.03. The molecule has 1 aromatic rings. The van der Waals surface area contributed by atoms with Crippen molar-refractivity contribution < 1.29 is 36.6 Å². The molecule has 0 saturated heterocycles. The molecule has 0 saturated carbocycles. The van der Waals surface area contributed by atoms with Crippen molar-refractivity contribution in [1.82, 2.24) is 4.98 Å². The number of carbonyl (C=O) groups excluding carboxylic acids is 1. The first kappa shape index (κ1) is 15.1. The van der Waals surface area contributed by atoms with Gasteiger partial charge in [0.1, 0.15) is 17.0 Å². The maximum Gasteiger partial charge on any atom is 0.433 e. The Bertz CT molecular complexity index is 487. The van der Waals surface area contributed by atoms with Crippen LogP contribution in [0.15, 0.2) is 6.07 Å². The van der Waals surface area contributed by atoms with Gasteiger partial charge in [-0.05, 0) is 13.0 Å². The van der Waals surface area contributed by atoms with E-state index in [1.807, 2.05) is 0 Å². The summed E-state index contributed by atoms with van der Waals surface area (Å²) in [7, 11) is 0. The van der Waals surface area contributed by atoms with Gasteiger partial charge in [-0.2, -0.15) is 13.2 Å². The quantitative estimate of drug-likeness (QED) is 0.685. The van der Waals surface area contributed by atoms with Gasteiger partial charge in [0.2, 0.25) is 0 Å². The van der Waals surface area contributed by atoms with Crippen LogP contribution in [0.3, 0.4) is 0 Å². The molecule has 0 fully saturated rings. The second-order valence-electron chi connectivity index (χ2n) is 3.31. The first-order valence-corrected chi connectivity index (χ1v) is 4.94. The highest BCUT2D eigenvalue weighted by molar-refractivity contribution is 5.92. The third kappa shape index (κ3) is 3.30. The lowest BCUT2D eigenvalue weighted by atomic mass is 10.1. The Morgan fingerprint density at radius 1 is 1.47 bits per heavy atom. The van der Waals surface area contributed by atoms with Crippen LogP contribution in [0.2, 0.25) is 0 Å². The van der Waals surface area contributed by atoms with Gasteiger partial charge in [-0.15, -0.1) is 0 Å². The summed E-state index contributed by atoms with van der Waals surface area (Å²) < 4.78 is 66.7. The minimum Gasteiger partial charge on any atom is -0.505 e. The zero-order valence-corrected chi connectivity index (χ0v) is 9.46. The second-order valence-corrected chi connectivity index (χ2v) is 3.31. The van der Waals surface area contributed by atoms with E-state index in [1.165, 1.54) is 6.92 Å². The molecule has 0 bridgehead atoms. The number of aromatic nitrogens is 1. The highest BCUT2D eigenvalue weighted by Gasteiger charge is 2.36. The number of ether oxygens (including phenoxy) is 1. The van der Waals surface area contributed by atoms with E-state index in [0.717, 1.165) is 0 Å². The van der Waals surface area contributed by atoms with Crippen LogP contribution in [-0.4, -0.2) is 22.7 Å². The van der Waals surface area contributed by atoms with Crippen LogP contribution in [0, 0.1) is 0 Å². The molecule has 1 heterocycles. The van der Waals surface area contributed by atoms with Crippen molar-refractivity contribution in [3.8, 4) is 5.75 Å². The lowest BCUT2D eigenvalue weighted by molar-refractivity contribution is -0.141. The smallest absolute Gasteiger partial charge is 0.433 e. The second kappa shape index (κ2) is 5.37. The van der Waals surface area contributed by atoms with E-state index in [9.17, 15) is 31.9 Å². The van der Waals surface area contributed by atoms with E-state index in [0.29, 0.717) is 0 Å². The zero-order valence-electron chi connectivity index (χ0n) is 9.46. The molecular formula is C10H8F5NO3. The van der Waals surface area contributed by atoms with Crippen molar-refractivity contribution in [2.75, 3.05) is 6.61 Å². The van der Waals surface area contributed by atoms with Crippen molar-refractivity contribution in [2.45, 2.75) is 19.5 Å². The fourth-order valence-corrected chi connectivity index (χ4v) is 1.22.